The molecule has 1 aliphatic rings. The molecule has 0 saturated carbocycles. The third-order valence-electron chi connectivity index (χ3n) is 4.92. The molecule has 1 atom stereocenters. The van der Waals surface area contributed by atoms with Gasteiger partial charge in [0.25, 0.3) is 5.91 Å². The molecule has 0 unspecified atom stereocenters. The molecule has 0 radical (unpaired) electrons. The number of methoxy groups -OCH3 is 1. The molecule has 30 heavy (non-hydrogen) atoms. The lowest BCUT2D eigenvalue weighted by atomic mass is 10.0. The van der Waals surface area contributed by atoms with Crippen LogP contribution in [0.15, 0.2) is 46.9 Å². The van der Waals surface area contributed by atoms with Crippen molar-refractivity contribution in [3.63, 3.8) is 0 Å². The number of halogens is 1. The van der Waals surface area contributed by atoms with Crippen molar-refractivity contribution in [2.75, 3.05) is 26.8 Å². The predicted octanol–water partition coefficient (Wildman–Crippen LogP) is 3.70. The Labute approximate surface area is 179 Å². The first kappa shape index (κ1) is 22.1. The van der Waals surface area contributed by atoms with Crippen molar-refractivity contribution in [2.45, 2.75) is 26.3 Å². The molecular weight excluding hydrogens is 405 g/mol. The average Bonchev–Trinajstić information content (AvgIpc) is 3.40. The lowest BCUT2D eigenvalue weighted by Crippen LogP contribution is -2.44. The van der Waals surface area contributed by atoms with Crippen molar-refractivity contribution in [1.29, 1.82) is 0 Å². The largest absolute Gasteiger partial charge is 0.383 e. The maximum Gasteiger partial charge on any atom is 0.262 e. The highest BCUT2D eigenvalue weighted by Crippen LogP contribution is 2.35. The highest BCUT2D eigenvalue weighted by molar-refractivity contribution is 7.10. The van der Waals surface area contributed by atoms with Gasteiger partial charge in [-0.05, 0) is 17.5 Å². The van der Waals surface area contributed by atoms with E-state index in [0.717, 1.165) is 4.88 Å². The van der Waals surface area contributed by atoms with Gasteiger partial charge in [-0.2, -0.15) is 5.10 Å². The number of thiophene rings is 1. The molecule has 0 aliphatic carbocycles. The molecule has 0 N–H and O–H groups in total. The van der Waals surface area contributed by atoms with Crippen LogP contribution in [-0.4, -0.2) is 54.2 Å². The molecule has 1 aromatic carbocycles. The molecule has 3 rings (SSSR count). The summed E-state index contributed by atoms with van der Waals surface area (Å²) in [4.78, 5) is 28.2. The van der Waals surface area contributed by atoms with Crippen LogP contribution in [0, 0.1) is 11.7 Å². The second kappa shape index (κ2) is 9.95. The summed E-state index contributed by atoms with van der Waals surface area (Å²) in [7, 11) is 1.55. The summed E-state index contributed by atoms with van der Waals surface area (Å²) in [6.07, 6.45) is 0.420. The van der Waals surface area contributed by atoms with E-state index in [-0.39, 0.29) is 36.1 Å². The number of benzene rings is 1. The molecule has 1 aromatic heterocycles. The Morgan fingerprint density at radius 2 is 2.07 bits per heavy atom. The van der Waals surface area contributed by atoms with Gasteiger partial charge in [0.2, 0.25) is 5.91 Å². The summed E-state index contributed by atoms with van der Waals surface area (Å²) in [6, 6.07) is 9.97. The van der Waals surface area contributed by atoms with Gasteiger partial charge in [0.1, 0.15) is 12.4 Å². The highest BCUT2D eigenvalue weighted by atomic mass is 32.1. The lowest BCUT2D eigenvalue weighted by Gasteiger charge is -2.27. The molecule has 2 aromatic rings. The van der Waals surface area contributed by atoms with Crippen LogP contribution >= 0.6 is 11.3 Å². The fraction of sp³-hybridized carbons (Fsp3) is 0.409. The first-order valence-electron chi connectivity index (χ1n) is 9.88. The minimum atomic E-state index is -0.368. The van der Waals surface area contributed by atoms with Crippen molar-refractivity contribution in [3.05, 3.63) is 58.0 Å². The molecule has 0 spiro atoms. The van der Waals surface area contributed by atoms with Gasteiger partial charge in [0.05, 0.1) is 18.4 Å². The molecule has 0 fully saturated rings. The van der Waals surface area contributed by atoms with Crippen LogP contribution in [0.2, 0.25) is 0 Å². The van der Waals surface area contributed by atoms with Crippen molar-refractivity contribution < 1.29 is 18.7 Å². The Balaban J connectivity index is 1.87. The summed E-state index contributed by atoms with van der Waals surface area (Å²) in [5.74, 6) is -1.03. The van der Waals surface area contributed by atoms with E-state index in [1.807, 2.05) is 17.5 Å². The van der Waals surface area contributed by atoms with Gasteiger partial charge in [-0.15, -0.1) is 11.3 Å². The zero-order valence-electron chi connectivity index (χ0n) is 17.4. The molecule has 0 saturated heterocycles. The molecule has 8 heteroatoms. The number of rotatable bonds is 8. The Morgan fingerprint density at radius 1 is 1.30 bits per heavy atom. The second-order valence-electron chi connectivity index (χ2n) is 7.41. The summed E-state index contributed by atoms with van der Waals surface area (Å²) in [5, 5.41) is 7.83. The number of ether oxygens (including phenoxy) is 1. The Kier molecular flexibility index (Phi) is 7.33. The van der Waals surface area contributed by atoms with E-state index in [2.05, 4.69) is 5.10 Å². The molecule has 0 bridgehead atoms. The smallest absolute Gasteiger partial charge is 0.262 e. The van der Waals surface area contributed by atoms with E-state index in [1.54, 1.807) is 39.2 Å². The molecule has 2 amide bonds. The van der Waals surface area contributed by atoms with E-state index in [1.165, 1.54) is 27.3 Å². The summed E-state index contributed by atoms with van der Waals surface area (Å²) in [5.41, 5.74) is 0.919. The van der Waals surface area contributed by atoms with Crippen LogP contribution in [0.3, 0.4) is 0 Å². The van der Waals surface area contributed by atoms with E-state index in [0.29, 0.717) is 30.8 Å². The van der Waals surface area contributed by atoms with E-state index >= 15 is 0 Å². The van der Waals surface area contributed by atoms with Gasteiger partial charge >= 0.3 is 0 Å². The number of hydrazone groups is 1. The van der Waals surface area contributed by atoms with Gasteiger partial charge < -0.3 is 9.64 Å². The standard InChI is InChI=1S/C22H26FN3O3S/c1-15(2)22(28)25(10-11-29-3)14-21(27)26-19(20-9-6-12-30-20)13-18(24-26)16-7-4-5-8-17(16)23/h4-9,12,15,19H,10-11,13-14H2,1-3H3/t19-/m0/s1. The molecule has 160 valence electrons. The van der Waals surface area contributed by atoms with Crippen LogP contribution in [0.4, 0.5) is 4.39 Å². The van der Waals surface area contributed by atoms with Gasteiger partial charge in [-0.1, -0.05) is 38.1 Å². The number of nitrogens with zero attached hydrogens (tertiary/aromatic N) is 3. The zero-order valence-corrected chi connectivity index (χ0v) is 18.2. The Bertz CT molecular complexity index is 914. The lowest BCUT2D eigenvalue weighted by molar-refractivity contribution is -0.143. The van der Waals surface area contributed by atoms with Gasteiger partial charge in [0, 0.05) is 36.4 Å². The Hall–Kier alpha value is -2.58. The zero-order chi connectivity index (χ0) is 21.7. The fourth-order valence-electron chi connectivity index (χ4n) is 3.37. The monoisotopic (exact) mass is 431 g/mol. The molecule has 1 aliphatic heterocycles. The van der Waals surface area contributed by atoms with Crippen molar-refractivity contribution in [1.82, 2.24) is 9.91 Å². The summed E-state index contributed by atoms with van der Waals surface area (Å²) in [6.45, 7) is 4.15. The summed E-state index contributed by atoms with van der Waals surface area (Å²) < 4.78 is 19.4. The van der Waals surface area contributed by atoms with Crippen molar-refractivity contribution in [2.24, 2.45) is 11.0 Å². The van der Waals surface area contributed by atoms with Crippen molar-refractivity contribution in [3.8, 4) is 0 Å². The van der Waals surface area contributed by atoms with Crippen LogP contribution in [0.25, 0.3) is 0 Å². The minimum Gasteiger partial charge on any atom is -0.383 e. The Morgan fingerprint density at radius 3 is 2.70 bits per heavy atom. The quantitative estimate of drug-likeness (QED) is 0.640. The average molecular weight is 432 g/mol. The predicted molar refractivity (Wildman–Crippen MR) is 115 cm³/mol. The number of amides is 2. The SMILES string of the molecule is COCCN(CC(=O)N1N=C(c2ccccc2F)C[C@H]1c1cccs1)C(=O)C(C)C. The van der Waals surface area contributed by atoms with E-state index in [4.69, 9.17) is 4.74 Å². The number of hydrogen-bond donors (Lipinski definition) is 0. The number of carbonyl (C=O) groups is 2. The first-order valence-corrected chi connectivity index (χ1v) is 10.8. The minimum absolute atomic E-state index is 0.101. The van der Waals surface area contributed by atoms with Crippen LogP contribution in [0.1, 0.15) is 36.8 Å². The van der Waals surface area contributed by atoms with Gasteiger partial charge in [-0.25, -0.2) is 9.40 Å². The van der Waals surface area contributed by atoms with Crippen LogP contribution < -0.4 is 0 Å². The van der Waals surface area contributed by atoms with Gasteiger partial charge in [0.15, 0.2) is 0 Å². The van der Waals surface area contributed by atoms with E-state index < -0.39 is 0 Å². The molecule has 6 nitrogen and oxygen atoms in total. The molecular formula is C22H26FN3O3S. The van der Waals surface area contributed by atoms with Crippen LogP contribution in [0.5, 0.6) is 0 Å². The topological polar surface area (TPSA) is 62.2 Å². The second-order valence-corrected chi connectivity index (χ2v) is 8.39. The maximum atomic E-state index is 14.3. The van der Waals surface area contributed by atoms with E-state index in [9.17, 15) is 14.0 Å². The third-order valence-corrected chi connectivity index (χ3v) is 5.89. The third kappa shape index (κ3) is 4.94. The van der Waals surface area contributed by atoms with Gasteiger partial charge in [-0.3, -0.25) is 9.59 Å². The first-order chi connectivity index (χ1) is 14.4. The highest BCUT2D eigenvalue weighted by Gasteiger charge is 2.35. The number of carbonyl (C=O) groups excluding carboxylic acids is 2. The fourth-order valence-corrected chi connectivity index (χ4v) is 4.18. The van der Waals surface area contributed by atoms with Crippen LogP contribution in [-0.2, 0) is 14.3 Å². The maximum absolute atomic E-state index is 14.3. The van der Waals surface area contributed by atoms with Crippen molar-refractivity contribution >= 4 is 28.9 Å². The number of hydrogen-bond acceptors (Lipinski definition) is 5. The summed E-state index contributed by atoms with van der Waals surface area (Å²) >= 11 is 1.53. The normalized spacial score (nSPS) is 16.1. The molecule has 2 heterocycles.